The lowest BCUT2D eigenvalue weighted by Gasteiger charge is -2.09. The number of fused-ring (bicyclic) bond motifs is 21. The average molecular weight is 709 g/mol. The quantitative estimate of drug-likeness (QED) is 0.177. The molecule has 9 nitrogen and oxygen atoms in total. The molecule has 9 heteroatoms. The number of aromatic nitrogens is 6. The van der Waals surface area contributed by atoms with Gasteiger partial charge in [0.2, 0.25) is 0 Å². The number of rotatable bonds is 0. The predicted octanol–water partition coefficient (Wildman–Crippen LogP) is 6.64. The van der Waals surface area contributed by atoms with E-state index in [0.29, 0.717) is 39.3 Å². The summed E-state index contributed by atoms with van der Waals surface area (Å²) in [5.74, 6) is 0. The van der Waals surface area contributed by atoms with Gasteiger partial charge in [-0.1, -0.05) is 109 Å². The molecule has 0 fully saturated rings. The minimum absolute atomic E-state index is 0.0942. The van der Waals surface area contributed by atoms with Crippen LogP contribution in [0.2, 0.25) is 0 Å². The number of hydrogen-bond acceptors (Lipinski definition) is 3. The van der Waals surface area contributed by atoms with Gasteiger partial charge >= 0.3 is 17.1 Å². The van der Waals surface area contributed by atoms with Gasteiger partial charge in [-0.2, -0.15) is 0 Å². The molecule has 0 saturated carbocycles. The van der Waals surface area contributed by atoms with Gasteiger partial charge in [-0.3, -0.25) is 27.4 Å². The van der Waals surface area contributed by atoms with Crippen LogP contribution in [0.1, 0.15) is 33.4 Å². The molecule has 6 aromatic carbocycles. The van der Waals surface area contributed by atoms with Crippen molar-refractivity contribution in [3.63, 3.8) is 0 Å². The predicted molar refractivity (Wildman–Crippen MR) is 213 cm³/mol. The third kappa shape index (κ3) is 5.35. The molecule has 0 N–H and O–H groups in total. The highest BCUT2D eigenvalue weighted by molar-refractivity contribution is 5.78. The van der Waals surface area contributed by atoms with E-state index >= 15 is 0 Å². The first kappa shape index (κ1) is 31.8. The lowest BCUT2D eigenvalue weighted by molar-refractivity contribution is 0.686. The number of para-hydroxylation sites is 6. The molecular weight excluding hydrogens is 673 g/mol. The highest BCUT2D eigenvalue weighted by Gasteiger charge is 2.18. The van der Waals surface area contributed by atoms with E-state index in [0.717, 1.165) is 66.5 Å². The number of benzene rings is 6. The van der Waals surface area contributed by atoms with E-state index in [2.05, 4.69) is 18.2 Å². The van der Waals surface area contributed by atoms with Crippen molar-refractivity contribution in [2.24, 2.45) is 0 Å². The van der Waals surface area contributed by atoms with Gasteiger partial charge in [-0.25, -0.2) is 14.4 Å². The fraction of sp³-hybridized carbons (Fsp3) is 0.133. The minimum atomic E-state index is -0.0942. The van der Waals surface area contributed by atoms with Gasteiger partial charge in [0.1, 0.15) is 0 Å². The maximum Gasteiger partial charge on any atom is 0.329 e. The summed E-state index contributed by atoms with van der Waals surface area (Å²) in [5, 5.41) is 0. The Hall–Kier alpha value is -6.87. The van der Waals surface area contributed by atoms with Crippen molar-refractivity contribution in [1.29, 1.82) is 0 Å². The molecule has 12 bridgehead atoms. The fourth-order valence-electron chi connectivity index (χ4n) is 8.31. The third-order valence-corrected chi connectivity index (χ3v) is 10.8. The average Bonchev–Trinajstić information content (AvgIpc) is 3.72. The largest absolute Gasteiger partial charge is 0.329 e. The summed E-state index contributed by atoms with van der Waals surface area (Å²) in [6.07, 6.45) is 0. The molecule has 0 amide bonds. The zero-order valence-corrected chi connectivity index (χ0v) is 29.5. The van der Waals surface area contributed by atoms with E-state index in [1.165, 1.54) is 0 Å². The summed E-state index contributed by atoms with van der Waals surface area (Å²) in [4.78, 5) is 42.7. The Morgan fingerprint density at radius 1 is 0.259 bits per heavy atom. The van der Waals surface area contributed by atoms with Gasteiger partial charge in [0.25, 0.3) is 0 Å². The fourth-order valence-corrected chi connectivity index (χ4v) is 8.31. The second-order valence-corrected chi connectivity index (χ2v) is 14.3. The first-order chi connectivity index (χ1) is 26.5. The Morgan fingerprint density at radius 3 is 0.630 bits per heavy atom. The van der Waals surface area contributed by atoms with Crippen LogP contribution in [0.5, 0.6) is 0 Å². The van der Waals surface area contributed by atoms with Gasteiger partial charge in [0.15, 0.2) is 0 Å². The third-order valence-electron chi connectivity index (χ3n) is 10.8. The van der Waals surface area contributed by atoms with Gasteiger partial charge in [-0.05, 0) is 69.8 Å². The standard InChI is InChI=1S/C45H36N6O3/c52-43-46-25-31-10-7-12-33(22-31)27-48-39-18-3-4-19-40(39)50(44(48)53)29-35-14-9-15-36(24-35)30-51-42-21-6-5-20-41(42)49(45(51)54)28-34-13-8-11-32(23-34)26-47(43)38-17-2-1-16-37(38)46/h1-24H,25-30H2. The molecule has 10 rings (SSSR count). The summed E-state index contributed by atoms with van der Waals surface area (Å²) in [6.45, 7) is 2.33. The van der Waals surface area contributed by atoms with Gasteiger partial charge < -0.3 is 0 Å². The van der Waals surface area contributed by atoms with Gasteiger partial charge in [0, 0.05) is 0 Å². The molecule has 4 heterocycles. The molecular formula is C45H36N6O3. The summed E-state index contributed by atoms with van der Waals surface area (Å²) >= 11 is 0. The first-order valence-electron chi connectivity index (χ1n) is 18.3. The first-order valence-corrected chi connectivity index (χ1v) is 18.3. The molecule has 1 aliphatic heterocycles. The smallest absolute Gasteiger partial charge is 0.287 e. The summed E-state index contributed by atoms with van der Waals surface area (Å²) in [5.41, 5.74) is 10.7. The minimum Gasteiger partial charge on any atom is -0.287 e. The summed E-state index contributed by atoms with van der Waals surface area (Å²) < 4.78 is 11.0. The SMILES string of the molecule is O=c1n2c3ccccc3n1Cc1cccc(c1)Cn1c(=O)n(c3ccccc31)Cc1cccc(c1)Cn1c(=O)n(c3ccccc31)Cc1cccc(c1)C2. The topological polar surface area (TPSA) is 80.8 Å². The zero-order chi connectivity index (χ0) is 36.3. The van der Waals surface area contributed by atoms with Gasteiger partial charge in [-0.15, -0.1) is 0 Å². The Kier molecular flexibility index (Phi) is 7.47. The van der Waals surface area contributed by atoms with Crippen molar-refractivity contribution >= 4 is 33.1 Å². The summed E-state index contributed by atoms with van der Waals surface area (Å²) in [6, 6.07) is 48.2. The van der Waals surface area contributed by atoms with E-state index < -0.39 is 0 Å². The van der Waals surface area contributed by atoms with Crippen LogP contribution in [-0.4, -0.2) is 27.4 Å². The van der Waals surface area contributed by atoms with Crippen molar-refractivity contribution in [3.05, 3.63) is 210 Å². The molecule has 264 valence electrons. The molecule has 0 saturated heterocycles. The summed E-state index contributed by atoms with van der Waals surface area (Å²) in [7, 11) is 0. The van der Waals surface area contributed by atoms with Crippen LogP contribution in [0.25, 0.3) is 33.1 Å². The molecule has 9 aromatic rings. The molecule has 0 atom stereocenters. The van der Waals surface area contributed by atoms with E-state index in [-0.39, 0.29) is 17.1 Å². The number of hydrogen-bond donors (Lipinski definition) is 0. The van der Waals surface area contributed by atoms with Gasteiger partial charge in [0.05, 0.1) is 72.4 Å². The van der Waals surface area contributed by atoms with Crippen LogP contribution in [0.3, 0.4) is 0 Å². The molecule has 0 aliphatic carbocycles. The van der Waals surface area contributed by atoms with E-state index in [4.69, 9.17) is 0 Å². The van der Waals surface area contributed by atoms with E-state index in [1.807, 2.05) is 155 Å². The molecule has 0 spiro atoms. The number of nitrogens with zero attached hydrogens (tertiary/aromatic N) is 6. The molecule has 1 aliphatic rings. The van der Waals surface area contributed by atoms with Crippen LogP contribution in [0, 0.1) is 0 Å². The number of imidazole rings is 3. The van der Waals surface area contributed by atoms with Crippen molar-refractivity contribution in [2.75, 3.05) is 0 Å². The van der Waals surface area contributed by atoms with Crippen LogP contribution < -0.4 is 17.1 Å². The maximum atomic E-state index is 14.2. The molecule has 0 unspecified atom stereocenters. The van der Waals surface area contributed by atoms with Crippen LogP contribution in [0.15, 0.2) is 160 Å². The highest BCUT2D eigenvalue weighted by atomic mass is 16.2. The van der Waals surface area contributed by atoms with Crippen molar-refractivity contribution in [3.8, 4) is 0 Å². The Balaban J connectivity index is 1.16. The second-order valence-electron chi connectivity index (χ2n) is 14.3. The highest BCUT2D eigenvalue weighted by Crippen LogP contribution is 2.22. The Bertz CT molecular complexity index is 2580. The molecule has 3 aromatic heterocycles. The Morgan fingerprint density at radius 2 is 0.444 bits per heavy atom. The molecule has 54 heavy (non-hydrogen) atoms. The Labute approximate surface area is 309 Å². The lowest BCUT2D eigenvalue weighted by Crippen LogP contribution is -2.26. The second kappa shape index (κ2) is 12.7. The molecule has 0 radical (unpaired) electrons. The van der Waals surface area contributed by atoms with Crippen molar-refractivity contribution < 1.29 is 0 Å². The monoisotopic (exact) mass is 708 g/mol. The van der Waals surface area contributed by atoms with Crippen molar-refractivity contribution in [1.82, 2.24) is 27.4 Å². The van der Waals surface area contributed by atoms with Crippen LogP contribution in [0.4, 0.5) is 0 Å². The normalized spacial score (nSPS) is 13.3. The van der Waals surface area contributed by atoms with E-state index in [9.17, 15) is 14.4 Å². The van der Waals surface area contributed by atoms with Crippen LogP contribution in [-0.2, 0) is 39.3 Å². The maximum absolute atomic E-state index is 14.2. The van der Waals surface area contributed by atoms with Crippen molar-refractivity contribution in [2.45, 2.75) is 39.3 Å². The van der Waals surface area contributed by atoms with E-state index in [1.54, 1.807) is 0 Å². The zero-order valence-electron chi connectivity index (χ0n) is 29.5. The van der Waals surface area contributed by atoms with Crippen LogP contribution >= 0.6 is 0 Å². The lowest BCUT2D eigenvalue weighted by atomic mass is 10.1.